The van der Waals surface area contributed by atoms with E-state index in [1.165, 1.54) is 0 Å². The van der Waals surface area contributed by atoms with Gasteiger partial charge in [0.05, 0.1) is 0 Å². The number of hydrogen-bond donors (Lipinski definition) is 0. The summed E-state index contributed by atoms with van der Waals surface area (Å²) < 4.78 is 0.282. The molecule has 0 N–H and O–H groups in total. The highest BCUT2D eigenvalue weighted by atomic mass is 127. The fourth-order valence-electron chi connectivity index (χ4n) is 1.16. The van der Waals surface area contributed by atoms with Crippen LogP contribution >= 0.6 is 22.6 Å². The Morgan fingerprint density at radius 2 is 1.62 bits per heavy atom. The van der Waals surface area contributed by atoms with Crippen molar-refractivity contribution < 1.29 is 0 Å². The maximum Gasteiger partial charge on any atom is 0.0344 e. The molecule has 0 aromatic heterocycles. The van der Waals surface area contributed by atoms with Gasteiger partial charge in [-0.25, -0.2) is 0 Å². The number of alkyl halides is 1. The second-order valence-electron chi connectivity index (χ2n) is 4.66. The summed E-state index contributed by atoms with van der Waals surface area (Å²) in [5.74, 6) is 0. The lowest BCUT2D eigenvalue weighted by atomic mass is 9.88. The lowest BCUT2D eigenvalue weighted by Crippen LogP contribution is -2.07. The van der Waals surface area contributed by atoms with E-state index >= 15 is 0 Å². The minimum absolute atomic E-state index is 0.282. The first kappa shape index (κ1) is 13.2. The number of hydrogen-bond acceptors (Lipinski definition) is 0. The summed E-state index contributed by atoms with van der Waals surface area (Å²) in [7, 11) is 0. The second kappa shape index (κ2) is 5.18. The van der Waals surface area contributed by atoms with Crippen LogP contribution in [0.4, 0.5) is 0 Å². The Morgan fingerprint density at radius 1 is 1.08 bits per heavy atom. The van der Waals surface area contributed by atoms with Crippen LogP contribution in [0.1, 0.15) is 41.0 Å². The Hall–Kier alpha value is 0.210. The normalized spacial score (nSPS) is 14.6. The molecule has 1 heteroatoms. The number of allylic oxidation sites excluding steroid dienone is 4. The van der Waals surface area contributed by atoms with Crippen LogP contribution in [-0.2, 0) is 0 Å². The minimum Gasteiger partial charge on any atom is -0.0911 e. The Labute approximate surface area is 96.6 Å². The fourth-order valence-corrected chi connectivity index (χ4v) is 1.42. The Balaban J connectivity index is 4.09. The van der Waals surface area contributed by atoms with Crippen molar-refractivity contribution in [3.8, 4) is 0 Å². The van der Waals surface area contributed by atoms with Crippen LogP contribution in [0.25, 0.3) is 0 Å². The van der Waals surface area contributed by atoms with Gasteiger partial charge in [0.15, 0.2) is 0 Å². The molecule has 0 aliphatic carbocycles. The molecule has 0 spiro atoms. The largest absolute Gasteiger partial charge is 0.0911 e. The number of rotatable bonds is 4. The zero-order valence-corrected chi connectivity index (χ0v) is 11.6. The Kier molecular flexibility index (Phi) is 5.26. The van der Waals surface area contributed by atoms with E-state index in [1.54, 1.807) is 0 Å². The van der Waals surface area contributed by atoms with Gasteiger partial charge in [-0.15, -0.1) is 0 Å². The molecule has 13 heavy (non-hydrogen) atoms. The molecule has 0 fully saturated rings. The fraction of sp³-hybridized carbons (Fsp3) is 0.667. The van der Waals surface area contributed by atoms with Crippen molar-refractivity contribution in [3.63, 3.8) is 0 Å². The molecule has 0 unspecified atom stereocenters. The maximum atomic E-state index is 2.44. The summed E-state index contributed by atoms with van der Waals surface area (Å²) in [5, 5.41) is 0. The molecule has 0 heterocycles. The van der Waals surface area contributed by atoms with Crippen molar-refractivity contribution >= 4 is 22.6 Å². The molecular formula is C12H21I. The van der Waals surface area contributed by atoms with Crippen molar-refractivity contribution in [1.82, 2.24) is 0 Å². The summed E-state index contributed by atoms with van der Waals surface area (Å²) >= 11 is 2.44. The van der Waals surface area contributed by atoms with Crippen molar-refractivity contribution in [2.24, 2.45) is 5.41 Å². The van der Waals surface area contributed by atoms with Crippen LogP contribution < -0.4 is 0 Å². The Morgan fingerprint density at radius 3 is 2.00 bits per heavy atom. The van der Waals surface area contributed by atoms with Crippen molar-refractivity contribution in [2.75, 3.05) is 0 Å². The summed E-state index contributed by atoms with van der Waals surface area (Å²) in [6.07, 6.45) is 10.1. The first-order valence-electron chi connectivity index (χ1n) is 4.77. The highest BCUT2D eigenvalue weighted by molar-refractivity contribution is 14.1. The molecule has 0 radical (unpaired) electrons. The average molecular weight is 292 g/mol. The first-order chi connectivity index (χ1) is 5.77. The van der Waals surface area contributed by atoms with Gasteiger partial charge in [-0.2, -0.15) is 0 Å². The van der Waals surface area contributed by atoms with E-state index in [1.807, 2.05) is 0 Å². The minimum atomic E-state index is 0.282. The Bertz CT molecular complexity index is 192. The van der Waals surface area contributed by atoms with Gasteiger partial charge in [0.25, 0.3) is 0 Å². The molecule has 0 atom stereocenters. The van der Waals surface area contributed by atoms with Gasteiger partial charge in [0.1, 0.15) is 0 Å². The smallest absolute Gasteiger partial charge is 0.0344 e. The molecule has 0 amide bonds. The quantitative estimate of drug-likeness (QED) is 0.398. The molecule has 0 bridgehead atoms. The van der Waals surface area contributed by atoms with Gasteiger partial charge >= 0.3 is 0 Å². The molecular weight excluding hydrogens is 271 g/mol. The van der Waals surface area contributed by atoms with E-state index in [-0.39, 0.29) is 3.42 Å². The summed E-state index contributed by atoms with van der Waals surface area (Å²) in [6.45, 7) is 11.0. The second-order valence-corrected chi connectivity index (χ2v) is 7.44. The number of halogens is 1. The predicted molar refractivity (Wildman–Crippen MR) is 70.5 cm³/mol. The third-order valence-electron chi connectivity index (χ3n) is 1.78. The van der Waals surface area contributed by atoms with Crippen LogP contribution in [0.2, 0.25) is 0 Å². The SMILES string of the molecule is C/C=C\C(C)(C)C/C=C\C(C)(C)I. The topological polar surface area (TPSA) is 0 Å². The van der Waals surface area contributed by atoms with Gasteiger partial charge in [-0.1, -0.05) is 60.7 Å². The van der Waals surface area contributed by atoms with Crippen LogP contribution in [0.15, 0.2) is 24.3 Å². The molecule has 0 saturated carbocycles. The van der Waals surface area contributed by atoms with E-state index in [0.29, 0.717) is 5.41 Å². The molecule has 0 aliphatic heterocycles. The first-order valence-corrected chi connectivity index (χ1v) is 5.85. The highest BCUT2D eigenvalue weighted by Crippen LogP contribution is 2.25. The van der Waals surface area contributed by atoms with Gasteiger partial charge in [0.2, 0.25) is 0 Å². The van der Waals surface area contributed by atoms with E-state index in [9.17, 15) is 0 Å². The zero-order valence-electron chi connectivity index (χ0n) is 9.39. The van der Waals surface area contributed by atoms with Gasteiger partial charge in [-0.05, 0) is 32.6 Å². The van der Waals surface area contributed by atoms with Crippen LogP contribution in [0, 0.1) is 5.41 Å². The molecule has 76 valence electrons. The lowest BCUT2D eigenvalue weighted by Gasteiger charge is -2.18. The molecule has 0 rings (SSSR count). The standard InChI is InChI=1S/C12H21I/c1-6-8-11(2,3)9-7-10-12(4,5)13/h6-8,10H,9H2,1-5H3/b8-6-,10-7-. The lowest BCUT2D eigenvalue weighted by molar-refractivity contribution is 0.487. The third-order valence-corrected chi connectivity index (χ3v) is 2.14. The van der Waals surface area contributed by atoms with Crippen molar-refractivity contribution in [3.05, 3.63) is 24.3 Å². The summed E-state index contributed by atoms with van der Waals surface area (Å²) in [5.41, 5.74) is 0.299. The van der Waals surface area contributed by atoms with Crippen LogP contribution in [0.3, 0.4) is 0 Å². The van der Waals surface area contributed by atoms with E-state index in [2.05, 4.69) is 81.5 Å². The summed E-state index contributed by atoms with van der Waals surface area (Å²) in [4.78, 5) is 0. The molecule has 0 aromatic rings. The zero-order chi connectivity index (χ0) is 10.5. The van der Waals surface area contributed by atoms with Crippen molar-refractivity contribution in [2.45, 2.75) is 44.5 Å². The van der Waals surface area contributed by atoms with E-state index in [4.69, 9.17) is 0 Å². The van der Waals surface area contributed by atoms with Gasteiger partial charge in [0, 0.05) is 3.42 Å². The van der Waals surface area contributed by atoms with Crippen LogP contribution in [-0.4, -0.2) is 3.42 Å². The maximum absolute atomic E-state index is 2.44. The molecule has 0 aromatic carbocycles. The molecule has 0 saturated heterocycles. The van der Waals surface area contributed by atoms with E-state index in [0.717, 1.165) is 6.42 Å². The van der Waals surface area contributed by atoms with Gasteiger partial charge < -0.3 is 0 Å². The molecule has 0 nitrogen and oxygen atoms in total. The third kappa shape index (κ3) is 8.54. The summed E-state index contributed by atoms with van der Waals surface area (Å²) in [6, 6.07) is 0. The highest BCUT2D eigenvalue weighted by Gasteiger charge is 2.12. The van der Waals surface area contributed by atoms with Crippen molar-refractivity contribution in [1.29, 1.82) is 0 Å². The average Bonchev–Trinajstić information content (AvgIpc) is 1.82. The monoisotopic (exact) mass is 292 g/mol. The van der Waals surface area contributed by atoms with Crippen LogP contribution in [0.5, 0.6) is 0 Å². The molecule has 0 aliphatic rings. The predicted octanol–water partition coefficient (Wildman–Crippen LogP) is 4.75. The van der Waals surface area contributed by atoms with E-state index < -0.39 is 0 Å². The van der Waals surface area contributed by atoms with Gasteiger partial charge in [-0.3, -0.25) is 0 Å².